The van der Waals surface area contributed by atoms with Gasteiger partial charge in [0, 0.05) is 31.7 Å². The second-order valence-electron chi connectivity index (χ2n) is 4.21. The van der Waals surface area contributed by atoms with Crippen LogP contribution in [-0.4, -0.2) is 37.8 Å². The average molecular weight is 352 g/mol. The molecule has 20 heavy (non-hydrogen) atoms. The zero-order valence-corrected chi connectivity index (χ0v) is 12.9. The van der Waals surface area contributed by atoms with Gasteiger partial charge in [-0.15, -0.1) is 24.8 Å². The first-order valence-corrected chi connectivity index (χ1v) is 6.17. The fourth-order valence-corrected chi connectivity index (χ4v) is 2.48. The Morgan fingerprint density at radius 1 is 1.15 bits per heavy atom. The summed E-state index contributed by atoms with van der Waals surface area (Å²) in [5.41, 5.74) is -0.0823. The van der Waals surface area contributed by atoms with Gasteiger partial charge < -0.3 is 5.32 Å². The summed E-state index contributed by atoms with van der Waals surface area (Å²) >= 11 is 5.77. The van der Waals surface area contributed by atoms with Crippen molar-refractivity contribution in [1.29, 1.82) is 0 Å². The molecule has 1 saturated heterocycles. The topological polar surface area (TPSA) is 15.3 Å². The molecule has 0 saturated carbocycles. The van der Waals surface area contributed by atoms with E-state index in [1.165, 1.54) is 0 Å². The van der Waals surface area contributed by atoms with E-state index in [0.29, 0.717) is 26.2 Å². The van der Waals surface area contributed by atoms with Crippen LogP contribution >= 0.6 is 36.4 Å². The number of halogens is 6. The molecule has 8 heteroatoms. The molecule has 1 N–H and O–H groups in total. The van der Waals surface area contributed by atoms with Gasteiger partial charge in [-0.05, 0) is 12.1 Å². The summed E-state index contributed by atoms with van der Waals surface area (Å²) in [4.78, 5) is 1.78. The first-order chi connectivity index (χ1) is 8.65. The molecule has 1 atom stereocenters. The van der Waals surface area contributed by atoms with Crippen LogP contribution in [0.4, 0.5) is 13.2 Å². The number of hydrogen-bond acceptors (Lipinski definition) is 2. The highest BCUT2D eigenvalue weighted by atomic mass is 35.5. The largest absolute Gasteiger partial charge is 0.314 e. The number of benzene rings is 1. The maximum absolute atomic E-state index is 13.8. The summed E-state index contributed by atoms with van der Waals surface area (Å²) in [6.07, 6.45) is 0. The summed E-state index contributed by atoms with van der Waals surface area (Å²) in [5.74, 6) is -1.38. The molecule has 116 valence electrons. The van der Waals surface area contributed by atoms with Crippen LogP contribution < -0.4 is 5.32 Å². The van der Waals surface area contributed by atoms with Crippen molar-refractivity contribution >= 4 is 36.4 Å². The smallest absolute Gasteiger partial charge is 0.142 e. The molecular formula is C12H16Cl3F3N2. The highest BCUT2D eigenvalue weighted by Gasteiger charge is 2.28. The quantitative estimate of drug-likeness (QED) is 0.840. The molecule has 0 amide bonds. The number of alkyl halides is 1. The molecule has 1 aromatic rings. The van der Waals surface area contributed by atoms with Gasteiger partial charge in [-0.1, -0.05) is 11.6 Å². The van der Waals surface area contributed by atoms with Gasteiger partial charge in [-0.3, -0.25) is 4.90 Å². The second-order valence-corrected chi connectivity index (χ2v) is 4.59. The summed E-state index contributed by atoms with van der Waals surface area (Å²) < 4.78 is 40.3. The Morgan fingerprint density at radius 2 is 1.70 bits per heavy atom. The van der Waals surface area contributed by atoms with Gasteiger partial charge in [0.1, 0.15) is 18.3 Å². The number of hydrogen-bond donors (Lipinski definition) is 1. The molecule has 0 spiro atoms. The van der Waals surface area contributed by atoms with Crippen LogP contribution in [0, 0.1) is 11.6 Å². The van der Waals surface area contributed by atoms with Gasteiger partial charge in [0.05, 0.1) is 11.1 Å². The summed E-state index contributed by atoms with van der Waals surface area (Å²) in [6, 6.07) is 1.12. The molecule has 1 heterocycles. The molecule has 2 rings (SSSR count). The third-order valence-corrected chi connectivity index (χ3v) is 3.54. The van der Waals surface area contributed by atoms with Crippen molar-refractivity contribution in [3.8, 4) is 0 Å². The van der Waals surface area contributed by atoms with Crippen molar-refractivity contribution in [2.75, 3.05) is 32.9 Å². The monoisotopic (exact) mass is 350 g/mol. The van der Waals surface area contributed by atoms with Crippen molar-refractivity contribution in [3.63, 3.8) is 0 Å². The van der Waals surface area contributed by atoms with Crippen LogP contribution in [0.15, 0.2) is 12.1 Å². The lowest BCUT2D eigenvalue weighted by Crippen LogP contribution is -2.46. The molecule has 0 aliphatic carbocycles. The minimum absolute atomic E-state index is 0. The Kier molecular flexibility index (Phi) is 8.86. The Bertz CT molecular complexity index is 429. The van der Waals surface area contributed by atoms with Gasteiger partial charge in [0.15, 0.2) is 0 Å². The molecule has 1 aromatic carbocycles. The average Bonchev–Trinajstić information content (AvgIpc) is 2.40. The molecule has 1 aliphatic rings. The lowest BCUT2D eigenvalue weighted by Gasteiger charge is -2.34. The fraction of sp³-hybridized carbons (Fsp3) is 0.500. The van der Waals surface area contributed by atoms with E-state index in [-0.39, 0.29) is 35.4 Å². The highest BCUT2D eigenvalue weighted by Crippen LogP contribution is 2.32. The SMILES string of the molecule is Cl.Cl.FC[C@H](c1c(F)ccc(F)c1Cl)N1CCNCC1. The van der Waals surface area contributed by atoms with Gasteiger partial charge in [-0.2, -0.15) is 0 Å². The lowest BCUT2D eigenvalue weighted by atomic mass is 10.0. The van der Waals surface area contributed by atoms with Gasteiger partial charge in [-0.25, -0.2) is 13.2 Å². The Labute approximate surface area is 133 Å². The number of rotatable bonds is 3. The van der Waals surface area contributed by atoms with Crippen LogP contribution in [-0.2, 0) is 0 Å². The third-order valence-electron chi connectivity index (χ3n) is 3.15. The summed E-state index contributed by atoms with van der Waals surface area (Å²) in [7, 11) is 0. The third kappa shape index (κ3) is 4.15. The molecule has 2 nitrogen and oxygen atoms in total. The van der Waals surface area contributed by atoms with Crippen molar-refractivity contribution in [1.82, 2.24) is 10.2 Å². The molecule has 0 aromatic heterocycles. The molecule has 1 aliphatic heterocycles. The van der Waals surface area contributed by atoms with E-state index in [0.717, 1.165) is 12.1 Å². The van der Waals surface area contributed by atoms with E-state index in [9.17, 15) is 13.2 Å². The first kappa shape index (κ1) is 19.8. The predicted octanol–water partition coefficient (Wildman–Crippen LogP) is 3.38. The molecule has 0 bridgehead atoms. The lowest BCUT2D eigenvalue weighted by molar-refractivity contribution is 0.144. The number of piperazine rings is 1. The minimum Gasteiger partial charge on any atom is -0.314 e. The molecular weight excluding hydrogens is 335 g/mol. The Hall–Kier alpha value is -0.200. The van der Waals surface area contributed by atoms with Gasteiger partial charge in [0.2, 0.25) is 0 Å². The maximum atomic E-state index is 13.8. The standard InChI is InChI=1S/C12H14ClF3N2.2ClH/c13-12-9(16)2-1-8(15)11(12)10(7-14)18-5-3-17-4-6-18;;/h1-2,10,17H,3-7H2;2*1H/t10-;;/m1../s1. The Balaban J connectivity index is 0.00000180. The molecule has 0 radical (unpaired) electrons. The van der Waals surface area contributed by atoms with Crippen LogP contribution in [0.25, 0.3) is 0 Å². The number of nitrogens with zero attached hydrogens (tertiary/aromatic N) is 1. The zero-order chi connectivity index (χ0) is 13.1. The van der Waals surface area contributed by atoms with Crippen molar-refractivity contribution in [3.05, 3.63) is 34.4 Å². The Morgan fingerprint density at radius 3 is 2.25 bits per heavy atom. The van der Waals surface area contributed by atoms with Crippen LogP contribution in [0.3, 0.4) is 0 Å². The molecule has 0 unspecified atom stereocenters. The van der Waals surface area contributed by atoms with E-state index in [2.05, 4.69) is 5.32 Å². The van der Waals surface area contributed by atoms with Crippen molar-refractivity contribution < 1.29 is 13.2 Å². The second kappa shape index (κ2) is 8.95. The first-order valence-electron chi connectivity index (χ1n) is 5.79. The van der Waals surface area contributed by atoms with E-state index in [1.54, 1.807) is 4.90 Å². The van der Waals surface area contributed by atoms with Gasteiger partial charge in [0.25, 0.3) is 0 Å². The molecule has 1 fully saturated rings. The number of nitrogens with one attached hydrogen (secondary N) is 1. The fourth-order valence-electron chi connectivity index (χ4n) is 2.20. The van der Waals surface area contributed by atoms with E-state index in [1.807, 2.05) is 0 Å². The normalized spacial score (nSPS) is 17.0. The van der Waals surface area contributed by atoms with Crippen molar-refractivity contribution in [2.45, 2.75) is 6.04 Å². The van der Waals surface area contributed by atoms with Crippen LogP contribution in [0.2, 0.25) is 5.02 Å². The highest BCUT2D eigenvalue weighted by molar-refractivity contribution is 6.31. The zero-order valence-electron chi connectivity index (χ0n) is 10.5. The van der Waals surface area contributed by atoms with Crippen LogP contribution in [0.5, 0.6) is 0 Å². The van der Waals surface area contributed by atoms with E-state index in [4.69, 9.17) is 11.6 Å². The van der Waals surface area contributed by atoms with E-state index < -0.39 is 24.4 Å². The van der Waals surface area contributed by atoms with Crippen molar-refractivity contribution in [2.24, 2.45) is 0 Å². The maximum Gasteiger partial charge on any atom is 0.142 e. The van der Waals surface area contributed by atoms with Crippen LogP contribution in [0.1, 0.15) is 11.6 Å². The van der Waals surface area contributed by atoms with E-state index >= 15 is 0 Å². The van der Waals surface area contributed by atoms with Gasteiger partial charge >= 0.3 is 0 Å². The predicted molar refractivity (Wildman–Crippen MR) is 79.0 cm³/mol. The summed E-state index contributed by atoms with van der Waals surface area (Å²) in [5, 5.41) is 2.80. The minimum atomic E-state index is -0.824. The summed E-state index contributed by atoms with van der Waals surface area (Å²) in [6.45, 7) is 1.78.